The van der Waals surface area contributed by atoms with Crippen molar-refractivity contribution in [1.82, 2.24) is 19.3 Å². The maximum Gasteiger partial charge on any atom is 0.247 e. The molecule has 8 rings (SSSR count). The molecule has 1 aliphatic carbocycles. The summed E-state index contributed by atoms with van der Waals surface area (Å²) >= 11 is 13.7. The first-order valence-corrected chi connectivity index (χ1v) is 17.5. The van der Waals surface area contributed by atoms with E-state index in [9.17, 15) is 4.79 Å². The number of amides is 1. The largest absolute Gasteiger partial charge is 0.496 e. The summed E-state index contributed by atoms with van der Waals surface area (Å²) < 4.78 is 19.0. The van der Waals surface area contributed by atoms with E-state index in [1.165, 1.54) is 44.8 Å². The molecule has 0 radical (unpaired) electrons. The number of fused-ring (bicyclic) bond motifs is 3. The predicted octanol–water partition coefficient (Wildman–Crippen LogP) is 7.74. The number of ether oxygens (including phenoxy) is 3. The van der Waals surface area contributed by atoms with Crippen LogP contribution in [0.25, 0.3) is 38.9 Å². The van der Waals surface area contributed by atoms with Crippen molar-refractivity contribution in [2.24, 2.45) is 5.41 Å². The number of rotatable bonds is 9. The number of carbonyl (C=O) groups excluding carboxylic acids is 1. The van der Waals surface area contributed by atoms with Crippen molar-refractivity contribution in [1.29, 1.82) is 0 Å². The van der Waals surface area contributed by atoms with E-state index in [0.717, 1.165) is 41.3 Å². The number of benzene rings is 2. The lowest BCUT2D eigenvalue weighted by Gasteiger charge is -2.55. The average molecular weight is 714 g/mol. The molecule has 1 spiro atoms. The third-order valence-corrected chi connectivity index (χ3v) is 11.3. The molecular weight excluding hydrogens is 675 g/mol. The summed E-state index contributed by atoms with van der Waals surface area (Å²) in [7, 11) is 4.75. The lowest BCUT2D eigenvalue weighted by atomic mass is 9.71. The number of methoxy groups -OCH3 is 3. The minimum Gasteiger partial charge on any atom is -0.496 e. The molecule has 1 saturated carbocycles. The summed E-state index contributed by atoms with van der Waals surface area (Å²) in [4.78, 5) is 27.3. The van der Waals surface area contributed by atoms with Crippen LogP contribution >= 0.6 is 23.2 Å². The number of nitrogens with one attached hydrogen (secondary N) is 1. The molecule has 5 heterocycles. The summed E-state index contributed by atoms with van der Waals surface area (Å²) in [6.07, 6.45) is 11.8. The van der Waals surface area contributed by atoms with Crippen LogP contribution in [0.5, 0.6) is 17.2 Å². The fourth-order valence-electron chi connectivity index (χ4n) is 7.68. The number of piperidine rings is 1. The van der Waals surface area contributed by atoms with E-state index in [-0.39, 0.29) is 5.91 Å². The Morgan fingerprint density at radius 2 is 1.64 bits per heavy atom. The van der Waals surface area contributed by atoms with Gasteiger partial charge in [-0.25, -0.2) is 4.98 Å². The SMILES string of the molecule is C=CC(=O)Nc1cc(-c2cc3c(cn2)cc(-c2c(Cl)c(OC)cc(OC)c2Cl)c2nccn23)c(OC)cc1N1CC2(CCN(C3CC3)CC2)C1. The second kappa shape index (κ2) is 12.7. The number of carbonyl (C=O) groups is 1. The molecule has 5 aromatic rings. The van der Waals surface area contributed by atoms with Crippen molar-refractivity contribution in [2.45, 2.75) is 31.7 Å². The third-order valence-electron chi connectivity index (χ3n) is 10.5. The van der Waals surface area contributed by atoms with Crippen molar-refractivity contribution < 1.29 is 19.0 Å². The van der Waals surface area contributed by atoms with Crippen LogP contribution in [0.3, 0.4) is 0 Å². The van der Waals surface area contributed by atoms with Gasteiger partial charge in [-0.3, -0.25) is 14.2 Å². The van der Waals surface area contributed by atoms with Gasteiger partial charge in [0.15, 0.2) is 0 Å². The number of imidazole rings is 1. The molecule has 3 aliphatic rings. The highest BCUT2D eigenvalue weighted by atomic mass is 35.5. The molecule has 1 amide bonds. The van der Waals surface area contributed by atoms with Gasteiger partial charge < -0.3 is 29.3 Å². The summed E-state index contributed by atoms with van der Waals surface area (Å²) in [6, 6.07) is 10.4. The molecule has 50 heavy (non-hydrogen) atoms. The zero-order valence-electron chi connectivity index (χ0n) is 28.3. The number of anilines is 2. The Balaban J connectivity index is 1.19. The normalized spacial score (nSPS) is 17.2. The fraction of sp³-hybridized carbons (Fsp3) is 0.342. The first-order valence-electron chi connectivity index (χ1n) is 16.8. The molecule has 2 aromatic carbocycles. The highest BCUT2D eigenvalue weighted by Gasteiger charge is 2.47. The van der Waals surface area contributed by atoms with Crippen LogP contribution in [0.4, 0.5) is 11.4 Å². The molecule has 2 aliphatic heterocycles. The fourth-order valence-corrected chi connectivity index (χ4v) is 8.39. The molecule has 0 unspecified atom stereocenters. The van der Waals surface area contributed by atoms with Gasteiger partial charge in [0.1, 0.15) is 22.9 Å². The third kappa shape index (κ3) is 5.50. The highest BCUT2D eigenvalue weighted by Crippen LogP contribution is 2.50. The Kier molecular flexibility index (Phi) is 8.28. The smallest absolute Gasteiger partial charge is 0.247 e. The van der Waals surface area contributed by atoms with E-state index in [0.29, 0.717) is 60.9 Å². The van der Waals surface area contributed by atoms with Crippen molar-refractivity contribution in [3.05, 3.63) is 71.6 Å². The van der Waals surface area contributed by atoms with E-state index in [1.54, 1.807) is 39.8 Å². The van der Waals surface area contributed by atoms with Crippen LogP contribution in [0, 0.1) is 5.41 Å². The van der Waals surface area contributed by atoms with Crippen molar-refractivity contribution in [3.63, 3.8) is 0 Å². The Labute approximate surface area is 300 Å². The Morgan fingerprint density at radius 1 is 0.940 bits per heavy atom. The maximum absolute atomic E-state index is 12.7. The molecule has 258 valence electrons. The number of aromatic nitrogens is 3. The van der Waals surface area contributed by atoms with Crippen molar-refractivity contribution in [3.8, 4) is 39.6 Å². The second-order valence-electron chi connectivity index (χ2n) is 13.5. The van der Waals surface area contributed by atoms with Crippen LogP contribution in [0.15, 0.2) is 61.6 Å². The highest BCUT2D eigenvalue weighted by molar-refractivity contribution is 6.41. The average Bonchev–Trinajstić information content (AvgIpc) is 3.85. The number of hydrogen-bond acceptors (Lipinski definition) is 8. The lowest BCUT2D eigenvalue weighted by Crippen LogP contribution is -2.60. The van der Waals surface area contributed by atoms with E-state index in [1.807, 2.05) is 34.9 Å². The molecule has 1 N–H and O–H groups in total. The van der Waals surface area contributed by atoms with E-state index in [2.05, 4.69) is 26.7 Å². The number of hydrogen-bond donors (Lipinski definition) is 1. The number of likely N-dealkylation sites (tertiary alicyclic amines) is 1. The summed E-state index contributed by atoms with van der Waals surface area (Å²) in [5, 5.41) is 4.59. The number of pyridine rings is 2. The zero-order valence-corrected chi connectivity index (χ0v) is 29.8. The summed E-state index contributed by atoms with van der Waals surface area (Å²) in [6.45, 7) is 7.94. The summed E-state index contributed by atoms with van der Waals surface area (Å²) in [5.74, 6) is 1.25. The van der Waals surface area contributed by atoms with Crippen molar-refractivity contribution >= 4 is 57.0 Å². The van der Waals surface area contributed by atoms with Gasteiger partial charge >= 0.3 is 0 Å². The molecule has 0 atom stereocenters. The van der Waals surface area contributed by atoms with Gasteiger partial charge in [0.05, 0.1) is 54.0 Å². The van der Waals surface area contributed by atoms with Crippen LogP contribution < -0.4 is 24.4 Å². The van der Waals surface area contributed by atoms with E-state index in [4.69, 9.17) is 42.4 Å². The Hall–Kier alpha value is -4.51. The van der Waals surface area contributed by atoms with Gasteiger partial charge in [-0.1, -0.05) is 29.8 Å². The molecule has 0 bridgehead atoms. The first kappa shape index (κ1) is 32.7. The molecule has 3 aromatic heterocycles. The standard InChI is InChI=1S/C38H38Cl2N6O4/c1-5-33(47)43-27-15-24(30(48-2)17-29(27)45-20-38(21-45)8-11-44(12-9-38)23-6-7-23)26-16-28-22(19-42-26)14-25(37-41-10-13-46(28)37)34-35(39)31(49-3)18-32(50-4)36(34)40/h5,10,13-19,23H,1,6-9,11-12,20-21H2,2-4H3,(H,43,47). The second-order valence-corrected chi connectivity index (χ2v) is 14.2. The lowest BCUT2D eigenvalue weighted by molar-refractivity contribution is -0.111. The van der Waals surface area contributed by atoms with Crippen LogP contribution in [0.1, 0.15) is 25.7 Å². The van der Waals surface area contributed by atoms with Crippen LogP contribution in [0.2, 0.25) is 10.0 Å². The number of halogens is 2. The van der Waals surface area contributed by atoms with Crippen LogP contribution in [-0.2, 0) is 4.79 Å². The summed E-state index contributed by atoms with van der Waals surface area (Å²) in [5.41, 5.74) is 6.10. The van der Waals surface area contributed by atoms with Crippen molar-refractivity contribution in [2.75, 3.05) is 57.7 Å². The molecule has 10 nitrogen and oxygen atoms in total. The van der Waals surface area contributed by atoms with Gasteiger partial charge in [-0.05, 0) is 63.0 Å². The van der Waals surface area contributed by atoms with Gasteiger partial charge in [-0.15, -0.1) is 0 Å². The minimum atomic E-state index is -0.277. The quantitative estimate of drug-likeness (QED) is 0.155. The van der Waals surface area contributed by atoms with Crippen LogP contribution in [-0.4, -0.2) is 78.7 Å². The maximum atomic E-state index is 12.7. The van der Waals surface area contributed by atoms with E-state index < -0.39 is 0 Å². The molecule has 3 fully saturated rings. The van der Waals surface area contributed by atoms with Gasteiger partial charge in [0.2, 0.25) is 5.91 Å². The first-order chi connectivity index (χ1) is 24.3. The Morgan fingerprint density at radius 3 is 2.28 bits per heavy atom. The number of nitrogens with zero attached hydrogens (tertiary/aromatic N) is 5. The molecule has 2 saturated heterocycles. The molecular formula is C38H38Cl2N6O4. The van der Waals surface area contributed by atoms with E-state index >= 15 is 0 Å². The predicted molar refractivity (Wildman–Crippen MR) is 198 cm³/mol. The van der Waals surface area contributed by atoms with Gasteiger partial charge in [0, 0.05) is 77.3 Å². The topological polar surface area (TPSA) is 93.5 Å². The zero-order chi connectivity index (χ0) is 34.7. The van der Waals surface area contributed by atoms with Gasteiger partial charge in [-0.2, -0.15) is 0 Å². The molecule has 12 heteroatoms. The monoisotopic (exact) mass is 712 g/mol. The van der Waals surface area contributed by atoms with Gasteiger partial charge in [0.25, 0.3) is 0 Å². The minimum absolute atomic E-state index is 0.277. The Bertz CT molecular complexity index is 2140.